The van der Waals surface area contributed by atoms with Gasteiger partial charge in [-0.05, 0) is 29.8 Å². The minimum Gasteiger partial charge on any atom is -0.311 e. The van der Waals surface area contributed by atoms with Crippen LogP contribution in [0.2, 0.25) is 0 Å². The van der Waals surface area contributed by atoms with Crippen molar-refractivity contribution < 1.29 is 17.0 Å². The summed E-state index contributed by atoms with van der Waals surface area (Å²) >= 11 is 0. The zero-order chi connectivity index (χ0) is 17.9. The standard InChI is InChI=1S/C16H16FN3O3S2/c17-13-4-1-3-12(9-13)10-18-7-8-20-25(22,23)15-6-2-5-14-16(15)24(21)11-19-14/h1-6,9,11,18,20H,7-8,10H2. The number of hydrogen-bond donors (Lipinski definition) is 2. The average molecular weight is 381 g/mol. The van der Waals surface area contributed by atoms with E-state index in [2.05, 4.69) is 15.0 Å². The van der Waals surface area contributed by atoms with Crippen LogP contribution in [-0.2, 0) is 27.4 Å². The molecule has 0 bridgehead atoms. The largest absolute Gasteiger partial charge is 0.311 e. The molecule has 0 fully saturated rings. The second-order valence-electron chi connectivity index (χ2n) is 5.34. The van der Waals surface area contributed by atoms with Crippen molar-refractivity contribution in [3.63, 3.8) is 0 Å². The van der Waals surface area contributed by atoms with E-state index in [0.29, 0.717) is 18.8 Å². The zero-order valence-corrected chi connectivity index (χ0v) is 14.7. The lowest BCUT2D eigenvalue weighted by atomic mass is 10.2. The third-order valence-corrected chi connectivity index (χ3v) is 6.31. The monoisotopic (exact) mass is 381 g/mol. The highest BCUT2D eigenvalue weighted by Gasteiger charge is 2.26. The van der Waals surface area contributed by atoms with Crippen LogP contribution in [0.15, 0.2) is 57.2 Å². The van der Waals surface area contributed by atoms with E-state index in [1.807, 2.05) is 0 Å². The van der Waals surface area contributed by atoms with Crippen LogP contribution in [0.3, 0.4) is 0 Å². The molecule has 1 aliphatic heterocycles. The Bertz CT molecular complexity index is 945. The molecule has 0 aliphatic carbocycles. The van der Waals surface area contributed by atoms with Crippen molar-refractivity contribution in [2.75, 3.05) is 13.1 Å². The van der Waals surface area contributed by atoms with Crippen molar-refractivity contribution in [3.05, 3.63) is 53.8 Å². The van der Waals surface area contributed by atoms with E-state index in [1.54, 1.807) is 24.3 Å². The number of fused-ring (bicyclic) bond motifs is 1. The Kier molecular flexibility index (Phi) is 5.38. The number of benzene rings is 2. The number of sulfonamides is 1. The van der Waals surface area contributed by atoms with Gasteiger partial charge in [0.05, 0.1) is 26.9 Å². The van der Waals surface area contributed by atoms with Gasteiger partial charge >= 0.3 is 0 Å². The van der Waals surface area contributed by atoms with Gasteiger partial charge in [-0.2, -0.15) is 0 Å². The molecule has 6 nitrogen and oxygen atoms in total. The molecule has 2 aromatic carbocycles. The quantitative estimate of drug-likeness (QED) is 0.715. The molecule has 0 spiro atoms. The fourth-order valence-corrected chi connectivity index (χ4v) is 5.02. The highest BCUT2D eigenvalue weighted by molar-refractivity contribution is 7.99. The number of nitrogens with zero attached hydrogens (tertiary/aromatic N) is 1. The minimum atomic E-state index is -3.79. The first-order valence-electron chi connectivity index (χ1n) is 7.50. The van der Waals surface area contributed by atoms with Crippen LogP contribution < -0.4 is 10.0 Å². The number of halogens is 1. The minimum absolute atomic E-state index is 0.0223. The molecule has 2 aromatic rings. The van der Waals surface area contributed by atoms with Gasteiger partial charge in [0, 0.05) is 19.6 Å². The first-order chi connectivity index (χ1) is 12.0. The lowest BCUT2D eigenvalue weighted by Gasteiger charge is -2.10. The van der Waals surface area contributed by atoms with Gasteiger partial charge in [-0.15, -0.1) is 0 Å². The summed E-state index contributed by atoms with van der Waals surface area (Å²) in [5.74, 6) is -0.312. The lowest BCUT2D eigenvalue weighted by molar-refractivity contribution is 0.573. The topological polar surface area (TPSA) is 87.6 Å². The highest BCUT2D eigenvalue weighted by Crippen LogP contribution is 2.32. The summed E-state index contributed by atoms with van der Waals surface area (Å²) in [5, 5.41) is 3.04. The molecule has 0 amide bonds. The van der Waals surface area contributed by atoms with Crippen molar-refractivity contribution in [1.82, 2.24) is 10.0 Å². The maximum absolute atomic E-state index is 13.1. The molecule has 1 aliphatic rings. The Balaban J connectivity index is 1.57. The van der Waals surface area contributed by atoms with Crippen LogP contribution in [0.25, 0.3) is 0 Å². The molecular weight excluding hydrogens is 365 g/mol. The predicted molar refractivity (Wildman–Crippen MR) is 94.3 cm³/mol. The number of rotatable bonds is 7. The smallest absolute Gasteiger partial charge is 0.241 e. The molecule has 0 saturated heterocycles. The molecule has 9 heteroatoms. The normalized spacial score (nSPS) is 16.1. The Hall–Kier alpha value is -1.94. The summed E-state index contributed by atoms with van der Waals surface area (Å²) in [5.41, 5.74) is 2.41. The molecule has 132 valence electrons. The molecule has 1 atom stereocenters. The summed E-state index contributed by atoms with van der Waals surface area (Å²) in [6, 6.07) is 10.8. The van der Waals surface area contributed by atoms with Crippen molar-refractivity contribution in [1.29, 1.82) is 0 Å². The molecule has 1 unspecified atom stereocenters. The van der Waals surface area contributed by atoms with Gasteiger partial charge in [-0.1, -0.05) is 18.2 Å². The van der Waals surface area contributed by atoms with E-state index in [1.165, 1.54) is 23.7 Å². The summed E-state index contributed by atoms with van der Waals surface area (Å²) in [6.07, 6.45) is 0. The molecule has 0 saturated carbocycles. The third-order valence-electron chi connectivity index (χ3n) is 3.55. The summed E-state index contributed by atoms with van der Waals surface area (Å²) in [7, 11) is -5.35. The molecule has 0 radical (unpaired) electrons. The van der Waals surface area contributed by atoms with Crippen molar-refractivity contribution in [2.24, 2.45) is 4.99 Å². The third kappa shape index (κ3) is 4.18. The fourth-order valence-electron chi connectivity index (χ4n) is 2.41. The Morgan fingerprint density at radius 3 is 2.72 bits per heavy atom. The van der Waals surface area contributed by atoms with E-state index in [4.69, 9.17) is 0 Å². The number of hydrogen-bond acceptors (Lipinski definition) is 5. The molecule has 25 heavy (non-hydrogen) atoms. The van der Waals surface area contributed by atoms with E-state index in [0.717, 1.165) is 5.56 Å². The summed E-state index contributed by atoms with van der Waals surface area (Å²) in [6.45, 7) is 0.942. The van der Waals surface area contributed by atoms with Crippen LogP contribution >= 0.6 is 0 Å². The van der Waals surface area contributed by atoms with Crippen LogP contribution in [0.1, 0.15) is 5.56 Å². The first kappa shape index (κ1) is 17.9. The van der Waals surface area contributed by atoms with Crippen molar-refractivity contribution >= 4 is 32.1 Å². The van der Waals surface area contributed by atoms with Gasteiger partial charge in [0.25, 0.3) is 0 Å². The Morgan fingerprint density at radius 1 is 1.12 bits per heavy atom. The molecule has 3 rings (SSSR count). The van der Waals surface area contributed by atoms with Gasteiger partial charge < -0.3 is 5.32 Å². The van der Waals surface area contributed by atoms with E-state index < -0.39 is 20.8 Å². The second kappa shape index (κ2) is 7.52. The fraction of sp³-hybridized carbons (Fsp3) is 0.188. The van der Waals surface area contributed by atoms with Gasteiger partial charge in [0.2, 0.25) is 10.0 Å². The predicted octanol–water partition coefficient (Wildman–Crippen LogP) is 1.67. The molecule has 0 aromatic heterocycles. The average Bonchev–Trinajstić information content (AvgIpc) is 2.96. The molecular formula is C16H16FN3O3S2. The van der Waals surface area contributed by atoms with Gasteiger partial charge in [0.15, 0.2) is 0 Å². The van der Waals surface area contributed by atoms with Crippen LogP contribution in [0.4, 0.5) is 10.1 Å². The van der Waals surface area contributed by atoms with Gasteiger partial charge in [-0.25, -0.2) is 26.7 Å². The van der Waals surface area contributed by atoms with Crippen LogP contribution in [-0.4, -0.2) is 31.3 Å². The Labute approximate surface area is 147 Å². The number of aliphatic imine (C=N–C) groups is 1. The second-order valence-corrected chi connectivity index (χ2v) is 8.29. The van der Waals surface area contributed by atoms with Gasteiger partial charge in [-0.3, -0.25) is 0 Å². The zero-order valence-electron chi connectivity index (χ0n) is 13.1. The Morgan fingerprint density at radius 2 is 1.92 bits per heavy atom. The number of nitrogens with one attached hydrogen (secondary N) is 2. The summed E-state index contributed by atoms with van der Waals surface area (Å²) in [4.78, 5) is 4.13. The first-order valence-corrected chi connectivity index (χ1v) is 10.2. The van der Waals surface area contributed by atoms with E-state index >= 15 is 0 Å². The lowest BCUT2D eigenvalue weighted by Crippen LogP contribution is -2.32. The van der Waals surface area contributed by atoms with Crippen LogP contribution in [0.5, 0.6) is 0 Å². The maximum Gasteiger partial charge on any atom is 0.241 e. The highest BCUT2D eigenvalue weighted by atomic mass is 32.2. The van der Waals surface area contributed by atoms with E-state index in [9.17, 15) is 17.0 Å². The SMILES string of the molecule is O=S1C=Nc2cccc(S(=O)(=O)NCCNCc3cccc(F)c3)c21. The van der Waals surface area contributed by atoms with Crippen molar-refractivity contribution in [2.45, 2.75) is 16.3 Å². The summed E-state index contributed by atoms with van der Waals surface area (Å²) < 4.78 is 52.3. The van der Waals surface area contributed by atoms with Crippen molar-refractivity contribution in [3.8, 4) is 0 Å². The van der Waals surface area contributed by atoms with Gasteiger partial charge in [0.1, 0.15) is 10.7 Å². The van der Waals surface area contributed by atoms with E-state index in [-0.39, 0.29) is 22.2 Å². The maximum atomic E-state index is 13.1. The molecule has 2 N–H and O–H groups in total. The van der Waals surface area contributed by atoms with Crippen LogP contribution in [0, 0.1) is 5.82 Å². The molecule has 1 heterocycles.